The first-order valence-corrected chi connectivity index (χ1v) is 7.47. The van der Waals surface area contributed by atoms with Crippen molar-refractivity contribution in [1.82, 2.24) is 0 Å². The third-order valence-corrected chi connectivity index (χ3v) is 3.93. The van der Waals surface area contributed by atoms with Crippen LogP contribution in [-0.4, -0.2) is 0 Å². The molecule has 0 fully saturated rings. The first kappa shape index (κ1) is 17.9. The Balaban J connectivity index is 0.00000137. The molecule has 2 heteroatoms. The van der Waals surface area contributed by atoms with Gasteiger partial charge in [-0.15, -0.1) is 0 Å². The van der Waals surface area contributed by atoms with E-state index in [0.29, 0.717) is 0 Å². The van der Waals surface area contributed by atoms with Crippen LogP contribution in [0.5, 0.6) is 0 Å². The second kappa shape index (κ2) is 6.90. The van der Waals surface area contributed by atoms with Crippen molar-refractivity contribution < 1.29 is 3.07 Å². The van der Waals surface area contributed by atoms with E-state index in [4.69, 9.17) is 3.07 Å². The van der Waals surface area contributed by atoms with E-state index >= 15 is 0 Å². The molecule has 1 rings (SSSR count). The van der Waals surface area contributed by atoms with Crippen LogP contribution in [0.25, 0.3) is 0 Å². The van der Waals surface area contributed by atoms with Crippen LogP contribution in [0.15, 0.2) is 18.2 Å². The number of halogens is 1. The lowest BCUT2D eigenvalue weighted by Gasteiger charge is -2.26. The Morgan fingerprint density at radius 3 is 1.72 bits per heavy atom. The molecule has 0 aliphatic heterocycles. The highest BCUT2D eigenvalue weighted by atomic mass is 127. The van der Waals surface area contributed by atoms with Gasteiger partial charge >= 0.3 is 0 Å². The number of benzene rings is 1. The Bertz CT molecular complexity index is 375. The fraction of sp³-hybridized carbons (Fsp3) is 0.625. The SMILES string of the molecule is CC.Cc1cc(C(C)(C)C)cc(C(C)(C)OI)c1. The quantitative estimate of drug-likeness (QED) is 0.594. The summed E-state index contributed by atoms with van der Waals surface area (Å²) >= 11 is 1.98. The molecule has 0 atom stereocenters. The number of aryl methyl sites for hydroxylation is 1. The molecule has 0 aromatic heterocycles. The molecule has 0 aliphatic carbocycles. The van der Waals surface area contributed by atoms with E-state index in [-0.39, 0.29) is 11.0 Å². The van der Waals surface area contributed by atoms with Gasteiger partial charge in [0.15, 0.2) is 0 Å². The van der Waals surface area contributed by atoms with Crippen LogP contribution in [0.3, 0.4) is 0 Å². The summed E-state index contributed by atoms with van der Waals surface area (Å²) in [7, 11) is 0. The van der Waals surface area contributed by atoms with Gasteiger partial charge in [0.1, 0.15) is 28.6 Å². The molecule has 18 heavy (non-hydrogen) atoms. The van der Waals surface area contributed by atoms with Gasteiger partial charge in [-0.3, -0.25) is 0 Å². The molecule has 0 amide bonds. The Hall–Kier alpha value is -0.0900. The lowest BCUT2D eigenvalue weighted by molar-refractivity contribution is 0.176. The molecule has 0 aliphatic rings. The summed E-state index contributed by atoms with van der Waals surface area (Å²) in [5.41, 5.74) is 3.86. The number of hydrogen-bond acceptors (Lipinski definition) is 1. The van der Waals surface area contributed by atoms with E-state index in [2.05, 4.69) is 59.7 Å². The molecular formula is C16H27IO. The Labute approximate surface area is 127 Å². The Morgan fingerprint density at radius 1 is 0.889 bits per heavy atom. The molecular weight excluding hydrogens is 335 g/mol. The monoisotopic (exact) mass is 362 g/mol. The fourth-order valence-corrected chi connectivity index (χ4v) is 1.86. The van der Waals surface area contributed by atoms with Crippen molar-refractivity contribution in [3.05, 3.63) is 34.9 Å². The molecule has 1 nitrogen and oxygen atoms in total. The molecule has 104 valence electrons. The van der Waals surface area contributed by atoms with Crippen molar-refractivity contribution in [3.63, 3.8) is 0 Å². The van der Waals surface area contributed by atoms with Gasteiger partial charge in [-0.2, -0.15) is 0 Å². The van der Waals surface area contributed by atoms with Gasteiger partial charge in [-0.05, 0) is 37.3 Å². The van der Waals surface area contributed by atoms with Crippen molar-refractivity contribution in [2.24, 2.45) is 0 Å². The van der Waals surface area contributed by atoms with Crippen LogP contribution in [0.1, 0.15) is 65.2 Å². The Kier molecular flexibility index (Phi) is 6.86. The molecule has 1 aromatic rings. The maximum absolute atomic E-state index is 5.52. The van der Waals surface area contributed by atoms with Crippen LogP contribution >= 0.6 is 23.0 Å². The number of hydrogen-bond donors (Lipinski definition) is 0. The molecule has 0 radical (unpaired) electrons. The van der Waals surface area contributed by atoms with Gasteiger partial charge in [0.05, 0.1) is 0 Å². The molecule has 0 bridgehead atoms. The van der Waals surface area contributed by atoms with Gasteiger partial charge in [-0.25, -0.2) is 0 Å². The fourth-order valence-electron chi connectivity index (χ4n) is 1.61. The second-order valence-electron chi connectivity index (χ2n) is 5.93. The van der Waals surface area contributed by atoms with Crippen molar-refractivity contribution in [1.29, 1.82) is 0 Å². The normalized spacial score (nSPS) is 11.8. The second-order valence-corrected chi connectivity index (χ2v) is 6.37. The molecule has 0 spiro atoms. The van der Waals surface area contributed by atoms with Gasteiger partial charge in [0.25, 0.3) is 0 Å². The summed E-state index contributed by atoms with van der Waals surface area (Å²) in [4.78, 5) is 0. The minimum atomic E-state index is -0.230. The van der Waals surface area contributed by atoms with Crippen molar-refractivity contribution in [2.45, 2.75) is 66.4 Å². The van der Waals surface area contributed by atoms with Crippen LogP contribution in [0, 0.1) is 6.92 Å². The zero-order chi connectivity index (χ0) is 14.6. The highest BCUT2D eigenvalue weighted by molar-refractivity contribution is 14.1. The van der Waals surface area contributed by atoms with Gasteiger partial charge in [0, 0.05) is 0 Å². The molecule has 0 saturated carbocycles. The lowest BCUT2D eigenvalue weighted by Crippen LogP contribution is -2.19. The largest absolute Gasteiger partial charge is 0.305 e. The highest BCUT2D eigenvalue weighted by Gasteiger charge is 2.23. The molecule has 0 unspecified atom stereocenters. The van der Waals surface area contributed by atoms with Crippen LogP contribution < -0.4 is 0 Å². The summed E-state index contributed by atoms with van der Waals surface area (Å²) in [5, 5.41) is 0. The molecule has 1 aromatic carbocycles. The van der Waals surface area contributed by atoms with E-state index in [9.17, 15) is 0 Å². The predicted molar refractivity (Wildman–Crippen MR) is 89.4 cm³/mol. The van der Waals surface area contributed by atoms with E-state index < -0.39 is 0 Å². The van der Waals surface area contributed by atoms with Crippen molar-refractivity contribution >= 4 is 23.0 Å². The summed E-state index contributed by atoms with van der Waals surface area (Å²) in [6.45, 7) is 17.1. The topological polar surface area (TPSA) is 9.23 Å². The lowest BCUT2D eigenvalue weighted by atomic mass is 9.83. The first-order chi connectivity index (χ1) is 8.16. The van der Waals surface area contributed by atoms with Gasteiger partial charge < -0.3 is 3.07 Å². The van der Waals surface area contributed by atoms with Crippen LogP contribution in [-0.2, 0) is 14.1 Å². The minimum absolute atomic E-state index is 0.183. The van der Waals surface area contributed by atoms with Gasteiger partial charge in [-0.1, -0.05) is 58.4 Å². The van der Waals surface area contributed by atoms with E-state index in [1.54, 1.807) is 0 Å². The average Bonchev–Trinajstić information content (AvgIpc) is 2.30. The standard InChI is InChI=1S/C14H21IO.C2H6/c1-10-7-11(13(2,3)4)9-12(8-10)14(5,6)16-15;1-2/h7-9H,1-6H3;1-2H3. The predicted octanol–water partition coefficient (Wildman–Crippen LogP) is 5.92. The molecule has 0 saturated heterocycles. The summed E-state index contributed by atoms with van der Waals surface area (Å²) < 4.78 is 5.52. The van der Waals surface area contributed by atoms with E-state index in [1.165, 1.54) is 16.7 Å². The van der Waals surface area contributed by atoms with E-state index in [0.717, 1.165) is 0 Å². The Morgan fingerprint density at radius 2 is 1.33 bits per heavy atom. The summed E-state index contributed by atoms with van der Waals surface area (Å²) in [6.07, 6.45) is 0. The van der Waals surface area contributed by atoms with Crippen LogP contribution in [0.4, 0.5) is 0 Å². The smallest absolute Gasteiger partial charge is 0.110 e. The minimum Gasteiger partial charge on any atom is -0.305 e. The highest BCUT2D eigenvalue weighted by Crippen LogP contribution is 2.32. The molecule has 0 N–H and O–H groups in total. The first-order valence-electron chi connectivity index (χ1n) is 6.59. The average molecular weight is 362 g/mol. The zero-order valence-electron chi connectivity index (χ0n) is 13.0. The third-order valence-electron chi connectivity index (χ3n) is 2.83. The van der Waals surface area contributed by atoms with Gasteiger partial charge in [0.2, 0.25) is 0 Å². The maximum Gasteiger partial charge on any atom is 0.110 e. The van der Waals surface area contributed by atoms with Crippen LogP contribution in [0.2, 0.25) is 0 Å². The van der Waals surface area contributed by atoms with Crippen molar-refractivity contribution in [2.75, 3.05) is 0 Å². The van der Waals surface area contributed by atoms with Crippen molar-refractivity contribution in [3.8, 4) is 0 Å². The third kappa shape index (κ3) is 4.88. The van der Waals surface area contributed by atoms with E-state index in [1.807, 2.05) is 36.9 Å². The maximum atomic E-state index is 5.52. The summed E-state index contributed by atoms with van der Waals surface area (Å²) in [6, 6.07) is 6.71. The number of rotatable bonds is 2. The summed E-state index contributed by atoms with van der Waals surface area (Å²) in [5.74, 6) is 0. The zero-order valence-corrected chi connectivity index (χ0v) is 15.2. The molecule has 0 heterocycles.